The summed E-state index contributed by atoms with van der Waals surface area (Å²) in [5, 5.41) is 3.43. The molecule has 5 nitrogen and oxygen atoms in total. The van der Waals surface area contributed by atoms with Gasteiger partial charge in [0.15, 0.2) is 5.96 Å². The summed E-state index contributed by atoms with van der Waals surface area (Å²) in [7, 11) is 3.87. The van der Waals surface area contributed by atoms with Crippen LogP contribution in [0, 0.1) is 6.92 Å². The van der Waals surface area contributed by atoms with Gasteiger partial charge in [-0.15, -0.1) is 0 Å². The molecule has 1 aromatic heterocycles. The van der Waals surface area contributed by atoms with Crippen molar-refractivity contribution in [2.24, 2.45) is 4.99 Å². The van der Waals surface area contributed by atoms with E-state index in [0.29, 0.717) is 6.54 Å². The number of aryl methyl sites for hydroxylation is 1. The minimum absolute atomic E-state index is 0.630. The second-order valence-corrected chi connectivity index (χ2v) is 6.64. The average molecular weight is 361 g/mol. The van der Waals surface area contributed by atoms with Crippen LogP contribution in [0.2, 0.25) is 0 Å². The zero-order valence-electron chi connectivity index (χ0n) is 16.3. The highest BCUT2D eigenvalue weighted by Gasteiger charge is 2.10. The lowest BCUT2D eigenvalue weighted by Gasteiger charge is -2.23. The Morgan fingerprint density at radius 1 is 1.11 bits per heavy atom. The van der Waals surface area contributed by atoms with Gasteiger partial charge >= 0.3 is 0 Å². The lowest BCUT2D eigenvalue weighted by Crippen LogP contribution is -2.38. The molecule has 0 spiro atoms. The SMILES string of the molecule is CN=C(NCc1nccn1Cc1ccccc1)N(C)Cc1ccccc1C. The van der Waals surface area contributed by atoms with Gasteiger partial charge in [0.05, 0.1) is 6.54 Å². The van der Waals surface area contributed by atoms with Crippen molar-refractivity contribution in [1.82, 2.24) is 19.8 Å². The number of guanidine groups is 1. The molecule has 27 heavy (non-hydrogen) atoms. The van der Waals surface area contributed by atoms with Crippen molar-refractivity contribution in [2.75, 3.05) is 14.1 Å². The number of nitrogens with one attached hydrogen (secondary N) is 1. The number of hydrogen-bond donors (Lipinski definition) is 1. The Morgan fingerprint density at radius 2 is 1.85 bits per heavy atom. The molecule has 0 saturated heterocycles. The lowest BCUT2D eigenvalue weighted by molar-refractivity contribution is 0.473. The minimum Gasteiger partial charge on any atom is -0.349 e. The minimum atomic E-state index is 0.630. The van der Waals surface area contributed by atoms with Crippen molar-refractivity contribution >= 4 is 5.96 Å². The first-order valence-corrected chi connectivity index (χ1v) is 9.17. The molecule has 3 rings (SSSR count). The Kier molecular flexibility index (Phi) is 6.26. The van der Waals surface area contributed by atoms with E-state index in [1.165, 1.54) is 16.7 Å². The highest BCUT2D eigenvalue weighted by atomic mass is 15.3. The number of hydrogen-bond acceptors (Lipinski definition) is 2. The Bertz CT molecular complexity index is 882. The van der Waals surface area contributed by atoms with Crippen molar-refractivity contribution in [1.29, 1.82) is 0 Å². The number of benzene rings is 2. The topological polar surface area (TPSA) is 45.5 Å². The number of aliphatic imine (C=N–C) groups is 1. The van der Waals surface area contributed by atoms with E-state index >= 15 is 0 Å². The molecule has 0 amide bonds. The van der Waals surface area contributed by atoms with E-state index in [0.717, 1.165) is 24.9 Å². The third-order valence-corrected chi connectivity index (χ3v) is 4.64. The maximum Gasteiger partial charge on any atom is 0.194 e. The van der Waals surface area contributed by atoms with Gasteiger partial charge in [0.2, 0.25) is 0 Å². The van der Waals surface area contributed by atoms with Gasteiger partial charge < -0.3 is 14.8 Å². The molecule has 0 fully saturated rings. The molecular formula is C22H27N5. The van der Waals surface area contributed by atoms with Crippen LogP contribution in [0.4, 0.5) is 0 Å². The van der Waals surface area contributed by atoms with Crippen LogP contribution in [-0.2, 0) is 19.6 Å². The van der Waals surface area contributed by atoms with Crippen molar-refractivity contribution in [2.45, 2.75) is 26.6 Å². The Hall–Kier alpha value is -3.08. The van der Waals surface area contributed by atoms with E-state index in [-0.39, 0.29) is 0 Å². The van der Waals surface area contributed by atoms with Gasteiger partial charge in [-0.2, -0.15) is 0 Å². The molecule has 140 valence electrons. The van der Waals surface area contributed by atoms with Crippen molar-refractivity contribution in [3.8, 4) is 0 Å². The summed E-state index contributed by atoms with van der Waals surface area (Å²) in [6, 6.07) is 18.9. The van der Waals surface area contributed by atoms with Crippen LogP contribution in [0.1, 0.15) is 22.5 Å². The fraction of sp³-hybridized carbons (Fsp3) is 0.273. The second-order valence-electron chi connectivity index (χ2n) is 6.64. The van der Waals surface area contributed by atoms with Gasteiger partial charge in [-0.25, -0.2) is 4.98 Å². The summed E-state index contributed by atoms with van der Waals surface area (Å²) in [4.78, 5) is 11.1. The second kappa shape index (κ2) is 9.03. The van der Waals surface area contributed by atoms with Crippen molar-refractivity contribution in [3.63, 3.8) is 0 Å². The van der Waals surface area contributed by atoms with E-state index in [1.807, 2.05) is 25.5 Å². The van der Waals surface area contributed by atoms with Crippen molar-refractivity contribution in [3.05, 3.63) is 89.5 Å². The van der Waals surface area contributed by atoms with Crippen LogP contribution in [-0.4, -0.2) is 34.5 Å². The smallest absolute Gasteiger partial charge is 0.194 e. The molecule has 1 heterocycles. The van der Waals surface area contributed by atoms with Crippen LogP contribution in [0.25, 0.3) is 0 Å². The molecule has 0 aliphatic carbocycles. The van der Waals surface area contributed by atoms with Gasteiger partial charge in [-0.05, 0) is 23.6 Å². The van der Waals surface area contributed by atoms with Gasteiger partial charge in [-0.1, -0.05) is 54.6 Å². The number of imidazole rings is 1. The van der Waals surface area contributed by atoms with Gasteiger partial charge in [0.1, 0.15) is 5.82 Å². The summed E-state index contributed by atoms with van der Waals surface area (Å²) in [5.41, 5.74) is 3.85. The van der Waals surface area contributed by atoms with E-state index < -0.39 is 0 Å². The maximum absolute atomic E-state index is 4.50. The predicted molar refractivity (Wildman–Crippen MR) is 111 cm³/mol. The quantitative estimate of drug-likeness (QED) is 0.540. The monoisotopic (exact) mass is 361 g/mol. The fourth-order valence-corrected chi connectivity index (χ4v) is 3.09. The third-order valence-electron chi connectivity index (χ3n) is 4.64. The molecule has 0 atom stereocenters. The average Bonchev–Trinajstić information content (AvgIpc) is 3.12. The van der Waals surface area contributed by atoms with Gasteiger partial charge in [0, 0.05) is 39.6 Å². The molecule has 3 aromatic rings. The summed E-state index contributed by atoms with van der Waals surface area (Å²) in [5.74, 6) is 1.84. The van der Waals surface area contributed by atoms with Gasteiger partial charge in [-0.3, -0.25) is 4.99 Å². The highest BCUT2D eigenvalue weighted by molar-refractivity contribution is 5.79. The molecule has 0 aliphatic heterocycles. The third kappa shape index (κ3) is 4.97. The molecule has 0 saturated carbocycles. The van der Waals surface area contributed by atoms with Crippen LogP contribution in [0.15, 0.2) is 72.0 Å². The van der Waals surface area contributed by atoms with E-state index in [4.69, 9.17) is 0 Å². The first-order chi connectivity index (χ1) is 13.2. The predicted octanol–water partition coefficient (Wildman–Crippen LogP) is 3.45. The Morgan fingerprint density at radius 3 is 2.59 bits per heavy atom. The summed E-state index contributed by atoms with van der Waals surface area (Å²) in [6.07, 6.45) is 3.86. The summed E-state index contributed by atoms with van der Waals surface area (Å²) >= 11 is 0. The fourth-order valence-electron chi connectivity index (χ4n) is 3.09. The molecule has 5 heteroatoms. The van der Waals surface area contributed by atoms with Crippen LogP contribution in [0.5, 0.6) is 0 Å². The summed E-state index contributed by atoms with van der Waals surface area (Å²) < 4.78 is 2.16. The Balaban J connectivity index is 1.62. The first kappa shape index (κ1) is 18.7. The van der Waals surface area contributed by atoms with E-state index in [9.17, 15) is 0 Å². The normalized spacial score (nSPS) is 11.4. The summed E-state index contributed by atoms with van der Waals surface area (Å²) in [6.45, 7) is 4.39. The van der Waals surface area contributed by atoms with E-state index in [2.05, 4.69) is 87.3 Å². The largest absolute Gasteiger partial charge is 0.349 e. The number of nitrogens with zero attached hydrogens (tertiary/aromatic N) is 4. The first-order valence-electron chi connectivity index (χ1n) is 9.17. The molecule has 1 N–H and O–H groups in total. The zero-order chi connectivity index (χ0) is 19.1. The van der Waals surface area contributed by atoms with Crippen LogP contribution >= 0.6 is 0 Å². The highest BCUT2D eigenvalue weighted by Crippen LogP contribution is 2.10. The molecule has 0 radical (unpaired) electrons. The zero-order valence-corrected chi connectivity index (χ0v) is 16.3. The van der Waals surface area contributed by atoms with Gasteiger partial charge in [0.25, 0.3) is 0 Å². The molecule has 2 aromatic carbocycles. The lowest BCUT2D eigenvalue weighted by atomic mass is 10.1. The standard InChI is InChI=1S/C22H27N5/c1-18-9-7-8-12-20(18)17-26(3)22(23-2)25-15-21-24-13-14-27(21)16-19-10-5-4-6-11-19/h4-14H,15-17H2,1-3H3,(H,23,25). The molecular weight excluding hydrogens is 334 g/mol. The molecule has 0 aliphatic rings. The van der Waals surface area contributed by atoms with Crippen LogP contribution < -0.4 is 5.32 Å². The van der Waals surface area contributed by atoms with E-state index in [1.54, 1.807) is 0 Å². The molecule has 0 unspecified atom stereocenters. The van der Waals surface area contributed by atoms with Crippen molar-refractivity contribution < 1.29 is 0 Å². The maximum atomic E-state index is 4.50. The molecule has 0 bridgehead atoms. The van der Waals surface area contributed by atoms with Crippen LogP contribution in [0.3, 0.4) is 0 Å². The Labute approximate surface area is 161 Å². The number of aromatic nitrogens is 2. The number of rotatable bonds is 6.